The molecule has 0 radical (unpaired) electrons. The predicted octanol–water partition coefficient (Wildman–Crippen LogP) is 2.84. The first-order chi connectivity index (χ1) is 12.6. The highest BCUT2D eigenvalue weighted by Crippen LogP contribution is 2.30. The standard InChI is InChI=1S/C19H25N3O4/c1-2-26-18(24)14-5-4-10-22(12-14)19(25)21-16-7-3-6-15(11-16)20-17(23)13-8-9-13/h3,6-7,11,13-14H,2,4-5,8-10,12H2,1H3,(H,20,23)(H,21,25)/t14-/m1/s1. The largest absolute Gasteiger partial charge is 0.466 e. The van der Waals surface area contributed by atoms with Gasteiger partial charge in [0, 0.05) is 30.4 Å². The van der Waals surface area contributed by atoms with Crippen LogP contribution in [0.4, 0.5) is 16.2 Å². The number of anilines is 2. The number of likely N-dealkylation sites (tertiary alicyclic amines) is 1. The van der Waals surface area contributed by atoms with Gasteiger partial charge < -0.3 is 20.3 Å². The summed E-state index contributed by atoms with van der Waals surface area (Å²) in [6.07, 6.45) is 3.40. The second kappa shape index (κ2) is 8.21. The van der Waals surface area contributed by atoms with E-state index in [1.54, 1.807) is 36.1 Å². The molecule has 0 aromatic heterocycles. The Labute approximate surface area is 153 Å². The minimum atomic E-state index is -0.265. The van der Waals surface area contributed by atoms with Crippen LogP contribution in [0.5, 0.6) is 0 Å². The van der Waals surface area contributed by atoms with Gasteiger partial charge in [-0.1, -0.05) is 6.07 Å². The van der Waals surface area contributed by atoms with E-state index >= 15 is 0 Å². The highest BCUT2D eigenvalue weighted by atomic mass is 16.5. The smallest absolute Gasteiger partial charge is 0.321 e. The summed E-state index contributed by atoms with van der Waals surface area (Å²) in [5.41, 5.74) is 1.28. The lowest BCUT2D eigenvalue weighted by atomic mass is 9.98. The molecule has 1 aromatic rings. The van der Waals surface area contributed by atoms with Crippen LogP contribution in [0.25, 0.3) is 0 Å². The fourth-order valence-electron chi connectivity index (χ4n) is 3.08. The topological polar surface area (TPSA) is 87.7 Å². The van der Waals surface area contributed by atoms with Crippen LogP contribution in [-0.4, -0.2) is 42.5 Å². The third-order valence-corrected chi connectivity index (χ3v) is 4.66. The van der Waals surface area contributed by atoms with Crippen molar-refractivity contribution in [2.24, 2.45) is 11.8 Å². The van der Waals surface area contributed by atoms with E-state index < -0.39 is 0 Å². The van der Waals surface area contributed by atoms with Crippen molar-refractivity contribution >= 4 is 29.3 Å². The zero-order chi connectivity index (χ0) is 18.5. The predicted molar refractivity (Wildman–Crippen MR) is 97.7 cm³/mol. The second-order valence-electron chi connectivity index (χ2n) is 6.81. The Morgan fingerprint density at radius 2 is 1.85 bits per heavy atom. The number of hydrogen-bond acceptors (Lipinski definition) is 4. The van der Waals surface area contributed by atoms with Gasteiger partial charge in [-0.05, 0) is 50.8 Å². The van der Waals surface area contributed by atoms with Crippen LogP contribution >= 0.6 is 0 Å². The van der Waals surface area contributed by atoms with Crippen LogP contribution in [0.1, 0.15) is 32.6 Å². The van der Waals surface area contributed by atoms with Gasteiger partial charge in [0.15, 0.2) is 0 Å². The number of hydrogen-bond donors (Lipinski definition) is 2. The van der Waals surface area contributed by atoms with Crippen LogP contribution in [0.2, 0.25) is 0 Å². The highest BCUT2D eigenvalue weighted by molar-refractivity contribution is 5.95. The molecule has 2 fully saturated rings. The summed E-state index contributed by atoms with van der Waals surface area (Å²) in [4.78, 5) is 37.9. The van der Waals surface area contributed by atoms with Crippen molar-refractivity contribution in [3.05, 3.63) is 24.3 Å². The van der Waals surface area contributed by atoms with Crippen LogP contribution in [-0.2, 0) is 14.3 Å². The molecule has 1 aliphatic carbocycles. The summed E-state index contributed by atoms with van der Waals surface area (Å²) < 4.78 is 5.07. The molecule has 1 atom stereocenters. The molecule has 140 valence electrons. The number of amides is 3. The maximum atomic E-state index is 12.5. The molecule has 1 heterocycles. The summed E-state index contributed by atoms with van der Waals surface area (Å²) >= 11 is 0. The summed E-state index contributed by atoms with van der Waals surface area (Å²) in [5, 5.41) is 5.71. The van der Waals surface area contributed by atoms with Crippen molar-refractivity contribution in [3.8, 4) is 0 Å². The van der Waals surface area contributed by atoms with Gasteiger partial charge in [-0.3, -0.25) is 9.59 Å². The lowest BCUT2D eigenvalue weighted by molar-refractivity contribution is -0.149. The molecule has 0 spiro atoms. The molecule has 1 aliphatic heterocycles. The van der Waals surface area contributed by atoms with E-state index in [1.165, 1.54) is 0 Å². The van der Waals surface area contributed by atoms with Gasteiger partial charge in [0.2, 0.25) is 5.91 Å². The van der Waals surface area contributed by atoms with Gasteiger partial charge in [0.05, 0.1) is 12.5 Å². The fraction of sp³-hybridized carbons (Fsp3) is 0.526. The molecule has 1 saturated heterocycles. The third kappa shape index (κ3) is 4.74. The Bertz CT molecular complexity index is 687. The van der Waals surface area contributed by atoms with Gasteiger partial charge in [0.25, 0.3) is 0 Å². The highest BCUT2D eigenvalue weighted by Gasteiger charge is 2.30. The fourth-order valence-corrected chi connectivity index (χ4v) is 3.08. The van der Waals surface area contributed by atoms with Crippen molar-refractivity contribution in [2.45, 2.75) is 32.6 Å². The first-order valence-corrected chi connectivity index (χ1v) is 9.20. The lowest BCUT2D eigenvalue weighted by Gasteiger charge is -2.31. The van der Waals surface area contributed by atoms with Crippen LogP contribution in [0.15, 0.2) is 24.3 Å². The molecular weight excluding hydrogens is 334 g/mol. The van der Waals surface area contributed by atoms with Crippen LogP contribution in [0.3, 0.4) is 0 Å². The zero-order valence-corrected chi connectivity index (χ0v) is 15.0. The number of benzene rings is 1. The summed E-state index contributed by atoms with van der Waals surface area (Å²) in [6.45, 7) is 3.10. The number of piperidine rings is 1. The minimum absolute atomic E-state index is 0.0294. The van der Waals surface area contributed by atoms with Gasteiger partial charge in [0.1, 0.15) is 0 Å². The van der Waals surface area contributed by atoms with Crippen molar-refractivity contribution in [3.63, 3.8) is 0 Å². The van der Waals surface area contributed by atoms with E-state index in [1.807, 2.05) is 0 Å². The first kappa shape index (κ1) is 18.2. The maximum absolute atomic E-state index is 12.5. The molecule has 0 unspecified atom stereocenters. The molecule has 26 heavy (non-hydrogen) atoms. The lowest BCUT2D eigenvalue weighted by Crippen LogP contribution is -2.44. The molecular formula is C19H25N3O4. The molecule has 7 heteroatoms. The Hall–Kier alpha value is -2.57. The van der Waals surface area contributed by atoms with Crippen molar-refractivity contribution < 1.29 is 19.1 Å². The molecule has 2 aliphatic rings. The summed E-state index contributed by atoms with van der Waals surface area (Å²) in [5.74, 6) is -0.350. The number of nitrogens with zero attached hydrogens (tertiary/aromatic N) is 1. The molecule has 7 nitrogen and oxygen atoms in total. The number of carbonyl (C=O) groups is 3. The number of carbonyl (C=O) groups excluding carboxylic acids is 3. The van der Waals surface area contributed by atoms with Crippen molar-refractivity contribution in [1.29, 1.82) is 0 Å². The van der Waals surface area contributed by atoms with E-state index in [2.05, 4.69) is 10.6 Å². The van der Waals surface area contributed by atoms with E-state index in [9.17, 15) is 14.4 Å². The van der Waals surface area contributed by atoms with Crippen LogP contribution < -0.4 is 10.6 Å². The second-order valence-corrected chi connectivity index (χ2v) is 6.81. The van der Waals surface area contributed by atoms with Gasteiger partial charge in [-0.15, -0.1) is 0 Å². The monoisotopic (exact) mass is 359 g/mol. The van der Waals surface area contributed by atoms with E-state index in [0.717, 1.165) is 25.7 Å². The quantitative estimate of drug-likeness (QED) is 0.792. The van der Waals surface area contributed by atoms with Gasteiger partial charge in [-0.2, -0.15) is 0 Å². The Morgan fingerprint density at radius 1 is 1.12 bits per heavy atom. The van der Waals surface area contributed by atoms with Crippen molar-refractivity contribution in [2.75, 3.05) is 30.3 Å². The number of nitrogens with one attached hydrogen (secondary N) is 2. The third-order valence-electron chi connectivity index (χ3n) is 4.66. The molecule has 0 bridgehead atoms. The number of rotatable bonds is 5. The summed E-state index contributed by atoms with van der Waals surface area (Å²) in [6, 6.07) is 6.86. The molecule has 3 amide bonds. The first-order valence-electron chi connectivity index (χ1n) is 9.20. The van der Waals surface area contributed by atoms with Crippen LogP contribution in [0, 0.1) is 11.8 Å². The maximum Gasteiger partial charge on any atom is 0.321 e. The summed E-state index contributed by atoms with van der Waals surface area (Å²) in [7, 11) is 0. The van der Waals surface area contributed by atoms with Gasteiger partial charge >= 0.3 is 12.0 Å². The molecule has 2 N–H and O–H groups in total. The van der Waals surface area contributed by atoms with E-state index in [4.69, 9.17) is 4.74 Å². The number of ether oxygens (including phenoxy) is 1. The van der Waals surface area contributed by atoms with Crippen molar-refractivity contribution in [1.82, 2.24) is 4.90 Å². The van der Waals surface area contributed by atoms with E-state index in [0.29, 0.717) is 31.1 Å². The average molecular weight is 359 g/mol. The SMILES string of the molecule is CCOC(=O)[C@@H]1CCCN(C(=O)Nc2cccc(NC(=O)C3CC3)c2)C1. The Kier molecular flexibility index (Phi) is 5.75. The molecule has 3 rings (SSSR count). The minimum Gasteiger partial charge on any atom is -0.466 e. The number of esters is 1. The number of urea groups is 1. The molecule has 1 saturated carbocycles. The Balaban J connectivity index is 1.56. The van der Waals surface area contributed by atoms with Gasteiger partial charge in [-0.25, -0.2) is 4.79 Å². The molecule has 1 aromatic carbocycles. The average Bonchev–Trinajstić information content (AvgIpc) is 3.47. The Morgan fingerprint density at radius 3 is 2.54 bits per heavy atom. The zero-order valence-electron chi connectivity index (χ0n) is 15.0. The normalized spacial score (nSPS) is 19.6. The van der Waals surface area contributed by atoms with E-state index in [-0.39, 0.29) is 29.7 Å².